The van der Waals surface area contributed by atoms with Crippen LogP contribution < -0.4 is 5.32 Å². The largest absolute Gasteiger partial charge is 0.463 e. The predicted molar refractivity (Wildman–Crippen MR) is 91.0 cm³/mol. The van der Waals surface area contributed by atoms with Crippen LogP contribution in [-0.4, -0.2) is 24.5 Å². The minimum Gasteiger partial charge on any atom is -0.463 e. The van der Waals surface area contributed by atoms with E-state index in [0.29, 0.717) is 12.2 Å². The summed E-state index contributed by atoms with van der Waals surface area (Å²) in [7, 11) is 0. The van der Waals surface area contributed by atoms with Gasteiger partial charge in [-0.1, -0.05) is 51.8 Å². The van der Waals surface area contributed by atoms with Crippen molar-refractivity contribution in [3.8, 4) is 0 Å². The van der Waals surface area contributed by atoms with E-state index < -0.39 is 0 Å². The van der Waals surface area contributed by atoms with Gasteiger partial charge in [0.1, 0.15) is 0 Å². The molecule has 0 aromatic heterocycles. The maximum atomic E-state index is 12.3. The minimum absolute atomic E-state index is 0.0811. The Morgan fingerprint density at radius 3 is 2.65 bits per heavy atom. The third kappa shape index (κ3) is 4.01. The number of hydrogen-bond donors (Lipinski definition) is 1. The number of carbonyl (C=O) groups excluding carboxylic acids is 2. The highest BCUT2D eigenvalue weighted by Gasteiger charge is 2.31. The quantitative estimate of drug-likeness (QED) is 0.496. The molecule has 0 fully saturated rings. The summed E-state index contributed by atoms with van der Waals surface area (Å²) in [6, 6.07) is 7.24. The summed E-state index contributed by atoms with van der Waals surface area (Å²) in [5.74, 6) is -0.183. The number of benzene rings is 1. The normalized spacial score (nSPS) is 19.9. The summed E-state index contributed by atoms with van der Waals surface area (Å²) >= 11 is 0. The van der Waals surface area contributed by atoms with E-state index in [4.69, 9.17) is 4.74 Å². The lowest BCUT2D eigenvalue weighted by Crippen LogP contribution is -2.44. The standard InChI is InChI=1S/C19H25NO3/c1-4-6-11-23-17(21)12-16-14-9-7-8-10-15(14)19(22)20-18(16)13(3)5-2/h7-10,12-13,18H,4-6,11H2,1-3H3,(H,20,22)/b16-12-/t13-,18-/m0/s1. The van der Waals surface area contributed by atoms with E-state index in [1.807, 2.05) is 18.2 Å². The van der Waals surface area contributed by atoms with Gasteiger partial charge in [0.2, 0.25) is 0 Å². The molecule has 2 atom stereocenters. The van der Waals surface area contributed by atoms with Crippen molar-refractivity contribution in [3.63, 3.8) is 0 Å². The highest BCUT2D eigenvalue weighted by molar-refractivity contribution is 6.06. The molecular weight excluding hydrogens is 290 g/mol. The van der Waals surface area contributed by atoms with Gasteiger partial charge in [0.15, 0.2) is 0 Å². The Bertz CT molecular complexity index is 606. The molecule has 1 aliphatic heterocycles. The summed E-state index contributed by atoms with van der Waals surface area (Å²) in [4.78, 5) is 24.4. The second-order valence-electron chi connectivity index (χ2n) is 6.00. The number of unbranched alkanes of at least 4 members (excludes halogenated alkanes) is 1. The van der Waals surface area contributed by atoms with Gasteiger partial charge in [0.25, 0.3) is 5.91 Å². The first-order valence-electron chi connectivity index (χ1n) is 8.37. The maximum absolute atomic E-state index is 12.3. The number of nitrogens with one attached hydrogen (secondary N) is 1. The van der Waals surface area contributed by atoms with Gasteiger partial charge in [-0.25, -0.2) is 4.79 Å². The van der Waals surface area contributed by atoms with Crippen LogP contribution in [0.1, 0.15) is 56.0 Å². The smallest absolute Gasteiger partial charge is 0.331 e. The summed E-state index contributed by atoms with van der Waals surface area (Å²) in [6.45, 7) is 6.64. The van der Waals surface area contributed by atoms with E-state index in [1.165, 1.54) is 0 Å². The Labute approximate surface area is 137 Å². The zero-order valence-electron chi connectivity index (χ0n) is 14.1. The van der Waals surface area contributed by atoms with E-state index in [-0.39, 0.29) is 23.8 Å². The Morgan fingerprint density at radius 1 is 1.30 bits per heavy atom. The van der Waals surface area contributed by atoms with Crippen molar-refractivity contribution in [3.05, 3.63) is 41.5 Å². The van der Waals surface area contributed by atoms with Crippen molar-refractivity contribution in [2.24, 2.45) is 5.92 Å². The third-order valence-electron chi connectivity index (χ3n) is 4.33. The molecule has 124 valence electrons. The van der Waals surface area contributed by atoms with Crippen molar-refractivity contribution >= 4 is 17.4 Å². The fraction of sp³-hybridized carbons (Fsp3) is 0.474. The van der Waals surface area contributed by atoms with Crippen LogP contribution in [-0.2, 0) is 9.53 Å². The topological polar surface area (TPSA) is 55.4 Å². The van der Waals surface area contributed by atoms with E-state index in [9.17, 15) is 9.59 Å². The molecule has 2 rings (SSSR count). The van der Waals surface area contributed by atoms with Crippen LogP contribution in [0.4, 0.5) is 0 Å². The van der Waals surface area contributed by atoms with Crippen LogP contribution in [0.3, 0.4) is 0 Å². The van der Waals surface area contributed by atoms with Crippen molar-refractivity contribution < 1.29 is 14.3 Å². The van der Waals surface area contributed by atoms with Gasteiger partial charge in [-0.05, 0) is 29.5 Å². The van der Waals surface area contributed by atoms with Gasteiger partial charge in [0, 0.05) is 11.6 Å². The van der Waals surface area contributed by atoms with Crippen LogP contribution in [0.25, 0.3) is 5.57 Å². The molecule has 0 spiro atoms. The van der Waals surface area contributed by atoms with Crippen LogP contribution in [0, 0.1) is 5.92 Å². The molecule has 1 aromatic rings. The van der Waals surface area contributed by atoms with Crippen LogP contribution in [0.5, 0.6) is 0 Å². The van der Waals surface area contributed by atoms with Crippen LogP contribution in [0.2, 0.25) is 0 Å². The van der Waals surface area contributed by atoms with Gasteiger partial charge in [-0.2, -0.15) is 0 Å². The SMILES string of the molecule is CCCCOC(=O)/C=C1/c2ccccc2C(=O)N[C@H]1[C@@H](C)CC. The molecular formula is C19H25NO3. The molecule has 1 amide bonds. The first-order valence-corrected chi connectivity index (χ1v) is 8.37. The second-order valence-corrected chi connectivity index (χ2v) is 6.00. The molecule has 1 N–H and O–H groups in total. The summed E-state index contributed by atoms with van der Waals surface area (Å²) < 4.78 is 5.26. The van der Waals surface area contributed by atoms with Gasteiger partial charge < -0.3 is 10.1 Å². The second kappa shape index (κ2) is 7.95. The molecule has 0 bridgehead atoms. The molecule has 0 aliphatic carbocycles. The third-order valence-corrected chi connectivity index (χ3v) is 4.33. The van der Waals surface area contributed by atoms with Crippen molar-refractivity contribution in [2.45, 2.75) is 46.1 Å². The fourth-order valence-corrected chi connectivity index (χ4v) is 2.73. The highest BCUT2D eigenvalue weighted by Crippen LogP contribution is 2.31. The average Bonchev–Trinajstić information content (AvgIpc) is 2.57. The van der Waals surface area contributed by atoms with Crippen molar-refractivity contribution in [1.82, 2.24) is 5.32 Å². The lowest BCUT2D eigenvalue weighted by atomic mass is 9.82. The number of fused-ring (bicyclic) bond motifs is 1. The fourth-order valence-electron chi connectivity index (χ4n) is 2.73. The summed E-state index contributed by atoms with van der Waals surface area (Å²) in [5, 5.41) is 3.03. The number of rotatable bonds is 6. The molecule has 1 heterocycles. The van der Waals surface area contributed by atoms with E-state index in [1.54, 1.807) is 12.1 Å². The number of esters is 1. The lowest BCUT2D eigenvalue weighted by molar-refractivity contribution is -0.137. The number of ether oxygens (including phenoxy) is 1. The zero-order valence-corrected chi connectivity index (χ0v) is 14.1. The van der Waals surface area contributed by atoms with Crippen LogP contribution >= 0.6 is 0 Å². The Kier molecular flexibility index (Phi) is 5.97. The maximum Gasteiger partial charge on any atom is 0.331 e. The molecule has 1 aromatic carbocycles. The molecule has 23 heavy (non-hydrogen) atoms. The molecule has 0 unspecified atom stereocenters. The van der Waals surface area contributed by atoms with E-state index >= 15 is 0 Å². The van der Waals surface area contributed by atoms with E-state index in [0.717, 1.165) is 30.4 Å². The summed E-state index contributed by atoms with van der Waals surface area (Å²) in [5.41, 5.74) is 2.28. The van der Waals surface area contributed by atoms with Crippen LogP contribution in [0.15, 0.2) is 30.3 Å². The van der Waals surface area contributed by atoms with Gasteiger partial charge >= 0.3 is 5.97 Å². The zero-order chi connectivity index (χ0) is 16.8. The van der Waals surface area contributed by atoms with Gasteiger partial charge in [-0.3, -0.25) is 4.79 Å². The minimum atomic E-state index is -0.340. The molecule has 4 heteroatoms. The first-order chi connectivity index (χ1) is 11.1. The highest BCUT2D eigenvalue weighted by atomic mass is 16.5. The van der Waals surface area contributed by atoms with E-state index in [2.05, 4.69) is 26.1 Å². The molecule has 0 saturated carbocycles. The van der Waals surface area contributed by atoms with Crippen molar-refractivity contribution in [2.75, 3.05) is 6.61 Å². The molecule has 4 nitrogen and oxygen atoms in total. The molecule has 0 radical (unpaired) electrons. The monoisotopic (exact) mass is 315 g/mol. The average molecular weight is 315 g/mol. The first kappa shape index (κ1) is 17.3. The molecule has 0 saturated heterocycles. The van der Waals surface area contributed by atoms with Crippen molar-refractivity contribution in [1.29, 1.82) is 0 Å². The Balaban J connectivity index is 2.35. The molecule has 1 aliphatic rings. The van der Waals surface area contributed by atoms with Gasteiger partial charge in [0.05, 0.1) is 12.6 Å². The lowest BCUT2D eigenvalue weighted by Gasteiger charge is -2.32. The predicted octanol–water partition coefficient (Wildman–Crippen LogP) is 3.57. The Morgan fingerprint density at radius 2 is 2.00 bits per heavy atom. The Hall–Kier alpha value is -2.10. The number of carbonyl (C=O) groups is 2. The van der Waals surface area contributed by atoms with Gasteiger partial charge in [-0.15, -0.1) is 0 Å². The number of hydrogen-bond acceptors (Lipinski definition) is 3. The number of amides is 1. The summed E-state index contributed by atoms with van der Waals surface area (Å²) in [6.07, 6.45) is 4.30.